The van der Waals surface area contributed by atoms with E-state index in [1.54, 1.807) is 17.2 Å². The fourth-order valence-electron chi connectivity index (χ4n) is 1.63. The molecule has 0 aliphatic carbocycles. The quantitative estimate of drug-likeness (QED) is 0.482. The van der Waals surface area contributed by atoms with Gasteiger partial charge in [0.25, 0.3) is 5.91 Å². The number of nitrogens with zero attached hydrogens (tertiary/aromatic N) is 1. The summed E-state index contributed by atoms with van der Waals surface area (Å²) in [6.07, 6.45) is 6.98. The fraction of sp³-hybridized carbons (Fsp3) is 0.143. The Labute approximate surface area is 121 Å². The van der Waals surface area contributed by atoms with Gasteiger partial charge in [-0.05, 0) is 36.8 Å². The number of thiocarbonyl (C=S) groups is 1. The molecule has 1 aromatic rings. The summed E-state index contributed by atoms with van der Waals surface area (Å²) in [7, 11) is 0. The van der Waals surface area contributed by atoms with Crippen molar-refractivity contribution in [2.75, 3.05) is 6.54 Å². The molecule has 19 heavy (non-hydrogen) atoms. The monoisotopic (exact) mass is 291 g/mol. The first kappa shape index (κ1) is 13.8. The molecule has 1 aromatic heterocycles. The first-order valence-corrected chi connectivity index (χ1v) is 6.92. The third-order valence-corrected chi connectivity index (χ3v) is 3.83. The maximum Gasteiger partial charge on any atom is 0.266 e. The first-order chi connectivity index (χ1) is 9.11. The Bertz CT molecular complexity index is 570. The molecule has 0 radical (unpaired) electrons. The molecule has 2 rings (SSSR count). The molecular weight excluding hydrogens is 278 g/mol. The fourth-order valence-corrected chi connectivity index (χ4v) is 2.96. The summed E-state index contributed by atoms with van der Waals surface area (Å²) < 4.78 is 5.80. The Kier molecular flexibility index (Phi) is 4.39. The van der Waals surface area contributed by atoms with Crippen molar-refractivity contribution in [2.45, 2.75) is 6.92 Å². The van der Waals surface area contributed by atoms with E-state index in [0.29, 0.717) is 15.8 Å². The predicted octanol–water partition coefficient (Wildman–Crippen LogP) is 3.61. The Hall–Kier alpha value is -1.59. The van der Waals surface area contributed by atoms with E-state index in [2.05, 4.69) is 6.58 Å². The van der Waals surface area contributed by atoms with Crippen LogP contribution in [0.15, 0.2) is 52.0 Å². The van der Waals surface area contributed by atoms with Crippen LogP contribution in [0, 0.1) is 0 Å². The lowest BCUT2D eigenvalue weighted by Crippen LogP contribution is -2.27. The molecule has 3 nitrogen and oxygen atoms in total. The lowest BCUT2D eigenvalue weighted by molar-refractivity contribution is -0.121. The maximum absolute atomic E-state index is 12.1. The highest BCUT2D eigenvalue weighted by Gasteiger charge is 2.30. The van der Waals surface area contributed by atoms with Gasteiger partial charge in [-0.25, -0.2) is 0 Å². The van der Waals surface area contributed by atoms with Gasteiger partial charge in [-0.15, -0.1) is 6.58 Å². The van der Waals surface area contributed by atoms with Crippen LogP contribution in [0.5, 0.6) is 0 Å². The van der Waals surface area contributed by atoms with Crippen molar-refractivity contribution in [2.24, 2.45) is 0 Å². The second-order valence-electron chi connectivity index (χ2n) is 3.98. The summed E-state index contributed by atoms with van der Waals surface area (Å²) in [6.45, 7) is 5.99. The molecule has 98 valence electrons. The highest BCUT2D eigenvalue weighted by Crippen LogP contribution is 2.31. The lowest BCUT2D eigenvalue weighted by Gasteiger charge is -2.10. The third kappa shape index (κ3) is 3.24. The van der Waals surface area contributed by atoms with Gasteiger partial charge in [0, 0.05) is 6.54 Å². The molecule has 0 bridgehead atoms. The zero-order valence-corrected chi connectivity index (χ0v) is 12.1. The van der Waals surface area contributed by atoms with Crippen LogP contribution < -0.4 is 0 Å². The average molecular weight is 291 g/mol. The van der Waals surface area contributed by atoms with E-state index in [1.807, 2.05) is 31.2 Å². The molecule has 0 unspecified atom stereocenters. The van der Waals surface area contributed by atoms with Crippen LogP contribution in [-0.2, 0) is 4.79 Å². The van der Waals surface area contributed by atoms with Gasteiger partial charge in [0.15, 0.2) is 0 Å². The van der Waals surface area contributed by atoms with Crippen molar-refractivity contribution in [1.82, 2.24) is 4.90 Å². The van der Waals surface area contributed by atoms with E-state index < -0.39 is 0 Å². The zero-order chi connectivity index (χ0) is 13.8. The number of hydrogen-bond acceptors (Lipinski definition) is 4. The number of carbonyl (C=O) groups excluding carboxylic acids is 1. The highest BCUT2D eigenvalue weighted by molar-refractivity contribution is 8.26. The number of hydrogen-bond donors (Lipinski definition) is 0. The summed E-state index contributed by atoms with van der Waals surface area (Å²) in [5, 5.41) is 0. The van der Waals surface area contributed by atoms with E-state index >= 15 is 0 Å². The molecular formula is C14H13NO2S2. The van der Waals surface area contributed by atoms with Crippen LogP contribution in [0.1, 0.15) is 12.7 Å². The molecule has 1 aliphatic heterocycles. The molecule has 0 atom stereocenters. The van der Waals surface area contributed by atoms with E-state index in [1.165, 1.54) is 11.8 Å². The van der Waals surface area contributed by atoms with Crippen molar-refractivity contribution >= 4 is 40.3 Å². The molecule has 5 heteroatoms. The van der Waals surface area contributed by atoms with Crippen molar-refractivity contribution in [3.63, 3.8) is 0 Å². The normalized spacial score (nSPS) is 18.5. The average Bonchev–Trinajstić information content (AvgIpc) is 2.94. The van der Waals surface area contributed by atoms with Crippen molar-refractivity contribution in [3.05, 3.63) is 53.4 Å². The minimum atomic E-state index is -0.0675. The van der Waals surface area contributed by atoms with Gasteiger partial charge in [0.1, 0.15) is 10.1 Å². The van der Waals surface area contributed by atoms with Crippen LogP contribution in [0.25, 0.3) is 6.08 Å². The number of rotatable bonds is 4. The largest absolute Gasteiger partial charge is 0.465 e. The Morgan fingerprint density at radius 1 is 1.63 bits per heavy atom. The Morgan fingerprint density at radius 3 is 3.05 bits per heavy atom. The molecule has 1 aliphatic rings. The third-order valence-electron chi connectivity index (χ3n) is 2.46. The Morgan fingerprint density at radius 2 is 2.42 bits per heavy atom. The van der Waals surface area contributed by atoms with Crippen LogP contribution in [0.3, 0.4) is 0 Å². The van der Waals surface area contributed by atoms with E-state index in [0.717, 1.165) is 11.3 Å². The molecule has 2 heterocycles. The summed E-state index contributed by atoms with van der Waals surface area (Å²) in [4.78, 5) is 14.3. The molecule has 0 saturated carbocycles. The standard InChI is InChI=1S/C14H13NO2S2/c1-3-6-15-13(16)12(19-14(15)18)9-10(2)8-11-5-4-7-17-11/h3-5,7-9H,1,6H2,2H3/b10-8+,12-9+. The number of furan rings is 1. The second-order valence-corrected chi connectivity index (χ2v) is 5.66. The number of amides is 1. The van der Waals surface area contributed by atoms with Crippen molar-refractivity contribution in [3.8, 4) is 0 Å². The lowest BCUT2D eigenvalue weighted by atomic mass is 10.2. The minimum Gasteiger partial charge on any atom is -0.465 e. The summed E-state index contributed by atoms with van der Waals surface area (Å²) in [6, 6.07) is 3.68. The number of thioether (sulfide) groups is 1. The van der Waals surface area contributed by atoms with Gasteiger partial charge in [-0.1, -0.05) is 30.1 Å². The van der Waals surface area contributed by atoms with Gasteiger partial charge in [0.2, 0.25) is 0 Å². The molecule has 0 spiro atoms. The minimum absolute atomic E-state index is 0.0675. The number of allylic oxidation sites excluding steroid dienone is 2. The molecule has 0 N–H and O–H groups in total. The van der Waals surface area contributed by atoms with Crippen LogP contribution in [0.4, 0.5) is 0 Å². The maximum atomic E-state index is 12.1. The SMILES string of the molecule is C=CCN1C(=O)/C(=C\C(C)=C\c2ccco2)SC1=S. The van der Waals surface area contributed by atoms with Gasteiger partial charge < -0.3 is 4.42 Å². The van der Waals surface area contributed by atoms with Crippen LogP contribution in [-0.4, -0.2) is 21.7 Å². The van der Waals surface area contributed by atoms with Gasteiger partial charge in [-0.2, -0.15) is 0 Å². The molecule has 1 fully saturated rings. The van der Waals surface area contributed by atoms with Crippen molar-refractivity contribution in [1.29, 1.82) is 0 Å². The predicted molar refractivity (Wildman–Crippen MR) is 82.5 cm³/mol. The summed E-state index contributed by atoms with van der Waals surface area (Å²) >= 11 is 6.48. The molecule has 1 saturated heterocycles. The van der Waals surface area contributed by atoms with Gasteiger partial charge in [-0.3, -0.25) is 9.69 Å². The van der Waals surface area contributed by atoms with Gasteiger partial charge in [0.05, 0.1) is 11.2 Å². The highest BCUT2D eigenvalue weighted by atomic mass is 32.2. The van der Waals surface area contributed by atoms with Gasteiger partial charge >= 0.3 is 0 Å². The smallest absolute Gasteiger partial charge is 0.266 e. The van der Waals surface area contributed by atoms with Crippen molar-refractivity contribution < 1.29 is 9.21 Å². The van der Waals surface area contributed by atoms with Crippen LogP contribution >= 0.6 is 24.0 Å². The molecule has 0 aromatic carbocycles. The topological polar surface area (TPSA) is 33.5 Å². The zero-order valence-electron chi connectivity index (χ0n) is 10.5. The summed E-state index contributed by atoms with van der Waals surface area (Å²) in [5.41, 5.74) is 0.939. The number of carbonyl (C=O) groups is 1. The molecule has 1 amide bonds. The van der Waals surface area contributed by atoms with E-state index in [-0.39, 0.29) is 5.91 Å². The van der Waals surface area contributed by atoms with Crippen LogP contribution in [0.2, 0.25) is 0 Å². The summed E-state index contributed by atoms with van der Waals surface area (Å²) in [5.74, 6) is 0.692. The van der Waals surface area contributed by atoms with E-state index in [4.69, 9.17) is 16.6 Å². The second kappa shape index (κ2) is 6.04. The Balaban J connectivity index is 2.18. The van der Waals surface area contributed by atoms with E-state index in [9.17, 15) is 4.79 Å². The first-order valence-electron chi connectivity index (χ1n) is 5.70.